The van der Waals surface area contributed by atoms with Crippen LogP contribution in [-0.4, -0.2) is 17.0 Å². The molecular weight excluding hydrogens is 280 g/mol. The Labute approximate surface area is 129 Å². The Bertz CT molecular complexity index is 625. The maximum Gasteiger partial charge on any atom is 0.263 e. The summed E-state index contributed by atoms with van der Waals surface area (Å²) in [5.74, 6) is 0.0325. The summed E-state index contributed by atoms with van der Waals surface area (Å²) in [4.78, 5) is 13.1. The number of allylic oxidation sites excluding steroid dienone is 1. The molecule has 0 aliphatic heterocycles. The number of rotatable bonds is 5. The monoisotopic (exact) mass is 300 g/mol. The number of carbonyl (C=O) groups is 1. The minimum Gasteiger partial charge on any atom is -0.351 e. The maximum atomic E-state index is 12.3. The van der Waals surface area contributed by atoms with Gasteiger partial charge in [0.1, 0.15) is 4.88 Å². The molecule has 2 aromatic heterocycles. The maximum absolute atomic E-state index is 12.3. The van der Waals surface area contributed by atoms with Crippen molar-refractivity contribution in [1.29, 1.82) is 0 Å². The Morgan fingerprint density at radius 2 is 2.14 bits per heavy atom. The average molecular weight is 300 g/mol. The lowest BCUT2D eigenvalue weighted by Gasteiger charge is -2.13. The molecule has 21 heavy (non-hydrogen) atoms. The molecule has 0 saturated carbocycles. The predicted molar refractivity (Wildman–Crippen MR) is 87.1 cm³/mol. The topological polar surface area (TPSA) is 34.0 Å². The van der Waals surface area contributed by atoms with Gasteiger partial charge in [-0.3, -0.25) is 4.79 Å². The molecular formula is C17H20N2OS. The lowest BCUT2D eigenvalue weighted by Crippen LogP contribution is -2.25. The van der Waals surface area contributed by atoms with Gasteiger partial charge in [0.2, 0.25) is 0 Å². The van der Waals surface area contributed by atoms with Crippen molar-refractivity contribution in [2.75, 3.05) is 6.54 Å². The second kappa shape index (κ2) is 6.76. The third-order valence-corrected chi connectivity index (χ3v) is 4.75. The first kappa shape index (κ1) is 14.1. The summed E-state index contributed by atoms with van der Waals surface area (Å²) in [5.41, 5.74) is 2.46. The summed E-state index contributed by atoms with van der Waals surface area (Å²) in [6, 6.07) is 5.92. The standard InChI is InChI=1S/C17H20N2OS/c20-17(18-10-8-14-6-2-1-3-7-14)16-15(9-13-21-16)19-11-4-5-12-19/h4-6,9,11-13H,1-3,7-8,10H2,(H,18,20). The quantitative estimate of drug-likeness (QED) is 0.827. The number of aromatic nitrogens is 1. The SMILES string of the molecule is O=C(NCCC1=CCCCC1)c1sccc1-n1cccc1. The molecule has 3 rings (SSSR count). The molecule has 0 unspecified atom stereocenters. The van der Waals surface area contributed by atoms with Crippen molar-refractivity contribution in [3.63, 3.8) is 0 Å². The van der Waals surface area contributed by atoms with Crippen molar-refractivity contribution in [1.82, 2.24) is 9.88 Å². The third kappa shape index (κ3) is 3.45. The van der Waals surface area contributed by atoms with E-state index in [1.54, 1.807) is 0 Å². The van der Waals surface area contributed by atoms with Crippen molar-refractivity contribution >= 4 is 17.2 Å². The number of nitrogens with one attached hydrogen (secondary N) is 1. The van der Waals surface area contributed by atoms with Crippen LogP contribution in [0.25, 0.3) is 5.69 Å². The molecule has 1 aliphatic carbocycles. The number of carbonyl (C=O) groups excluding carboxylic acids is 1. The summed E-state index contributed by atoms with van der Waals surface area (Å²) >= 11 is 1.49. The van der Waals surface area contributed by atoms with Crippen molar-refractivity contribution in [2.45, 2.75) is 32.1 Å². The second-order valence-corrected chi connectivity index (χ2v) is 6.26. The van der Waals surface area contributed by atoms with E-state index >= 15 is 0 Å². The number of thiophene rings is 1. The minimum atomic E-state index is 0.0325. The molecule has 0 atom stereocenters. The predicted octanol–water partition coefficient (Wildman–Crippen LogP) is 4.16. The highest BCUT2D eigenvalue weighted by Gasteiger charge is 2.14. The van der Waals surface area contributed by atoms with E-state index in [1.165, 1.54) is 42.6 Å². The van der Waals surface area contributed by atoms with Gasteiger partial charge in [0.15, 0.2) is 0 Å². The van der Waals surface area contributed by atoms with Crippen LogP contribution in [0.1, 0.15) is 41.8 Å². The van der Waals surface area contributed by atoms with E-state index < -0.39 is 0 Å². The van der Waals surface area contributed by atoms with Gasteiger partial charge in [-0.05, 0) is 55.7 Å². The zero-order valence-electron chi connectivity index (χ0n) is 12.0. The molecule has 0 radical (unpaired) electrons. The van der Waals surface area contributed by atoms with E-state index in [1.807, 2.05) is 40.5 Å². The highest BCUT2D eigenvalue weighted by atomic mass is 32.1. The minimum absolute atomic E-state index is 0.0325. The first-order valence-electron chi connectivity index (χ1n) is 7.51. The zero-order chi connectivity index (χ0) is 14.5. The fraction of sp³-hybridized carbons (Fsp3) is 0.353. The van der Waals surface area contributed by atoms with Crippen molar-refractivity contribution in [2.24, 2.45) is 0 Å². The average Bonchev–Trinajstić information content (AvgIpc) is 3.19. The molecule has 110 valence electrons. The van der Waals surface area contributed by atoms with Crippen LogP contribution < -0.4 is 5.32 Å². The van der Waals surface area contributed by atoms with Crippen LogP contribution in [0.2, 0.25) is 0 Å². The van der Waals surface area contributed by atoms with Gasteiger partial charge in [0, 0.05) is 18.9 Å². The number of hydrogen-bond donors (Lipinski definition) is 1. The molecule has 0 saturated heterocycles. The summed E-state index contributed by atoms with van der Waals surface area (Å²) in [6.07, 6.45) is 12.3. The first-order valence-corrected chi connectivity index (χ1v) is 8.39. The molecule has 0 fully saturated rings. The Morgan fingerprint density at radius 1 is 1.29 bits per heavy atom. The van der Waals surface area contributed by atoms with Crippen LogP contribution in [0.4, 0.5) is 0 Å². The zero-order valence-corrected chi connectivity index (χ0v) is 12.9. The number of amides is 1. The van der Waals surface area contributed by atoms with Crippen molar-refractivity contribution < 1.29 is 4.79 Å². The molecule has 3 nitrogen and oxygen atoms in total. The summed E-state index contributed by atoms with van der Waals surface area (Å²) in [5, 5.41) is 5.02. The molecule has 2 heterocycles. The molecule has 0 aromatic carbocycles. The Kier molecular flexibility index (Phi) is 4.55. The fourth-order valence-electron chi connectivity index (χ4n) is 2.72. The van der Waals surface area contributed by atoms with Gasteiger partial charge in [-0.1, -0.05) is 11.6 Å². The van der Waals surface area contributed by atoms with E-state index in [0.29, 0.717) is 0 Å². The highest BCUT2D eigenvalue weighted by molar-refractivity contribution is 7.12. The molecule has 1 amide bonds. The second-order valence-electron chi connectivity index (χ2n) is 5.34. The molecule has 2 aromatic rings. The largest absolute Gasteiger partial charge is 0.351 e. The van der Waals surface area contributed by atoms with Gasteiger partial charge in [-0.25, -0.2) is 0 Å². The van der Waals surface area contributed by atoms with Crippen LogP contribution in [0, 0.1) is 0 Å². The van der Waals surface area contributed by atoms with Crippen LogP contribution in [0.5, 0.6) is 0 Å². The van der Waals surface area contributed by atoms with Gasteiger partial charge in [0.05, 0.1) is 5.69 Å². The first-order chi connectivity index (χ1) is 10.3. The van der Waals surface area contributed by atoms with Gasteiger partial charge >= 0.3 is 0 Å². The highest BCUT2D eigenvalue weighted by Crippen LogP contribution is 2.22. The van der Waals surface area contributed by atoms with Crippen LogP contribution in [0.3, 0.4) is 0 Å². The van der Waals surface area contributed by atoms with Gasteiger partial charge < -0.3 is 9.88 Å². The Balaban J connectivity index is 1.59. The lowest BCUT2D eigenvalue weighted by atomic mass is 9.97. The Hall–Kier alpha value is -1.81. The van der Waals surface area contributed by atoms with Gasteiger partial charge in [0.25, 0.3) is 5.91 Å². The third-order valence-electron chi connectivity index (χ3n) is 3.85. The van der Waals surface area contributed by atoms with E-state index in [2.05, 4.69) is 11.4 Å². The van der Waals surface area contributed by atoms with Crippen LogP contribution >= 0.6 is 11.3 Å². The van der Waals surface area contributed by atoms with Crippen LogP contribution in [-0.2, 0) is 0 Å². The van der Waals surface area contributed by atoms with E-state index in [-0.39, 0.29) is 5.91 Å². The van der Waals surface area contributed by atoms with Gasteiger partial charge in [-0.2, -0.15) is 0 Å². The molecule has 0 bridgehead atoms. The summed E-state index contributed by atoms with van der Waals surface area (Å²) < 4.78 is 1.98. The fourth-order valence-corrected chi connectivity index (χ4v) is 3.53. The Morgan fingerprint density at radius 3 is 2.90 bits per heavy atom. The number of hydrogen-bond acceptors (Lipinski definition) is 2. The summed E-state index contributed by atoms with van der Waals surface area (Å²) in [6.45, 7) is 0.730. The van der Waals surface area contributed by atoms with Crippen LogP contribution in [0.15, 0.2) is 47.6 Å². The smallest absolute Gasteiger partial charge is 0.263 e. The molecule has 1 aliphatic rings. The molecule has 4 heteroatoms. The lowest BCUT2D eigenvalue weighted by molar-refractivity contribution is 0.0958. The number of nitrogens with zero attached hydrogens (tertiary/aromatic N) is 1. The van der Waals surface area contributed by atoms with E-state index in [0.717, 1.165) is 23.5 Å². The van der Waals surface area contributed by atoms with Crippen molar-refractivity contribution in [3.05, 3.63) is 52.5 Å². The van der Waals surface area contributed by atoms with E-state index in [9.17, 15) is 4.79 Å². The molecule has 1 N–H and O–H groups in total. The summed E-state index contributed by atoms with van der Waals surface area (Å²) in [7, 11) is 0. The van der Waals surface area contributed by atoms with Crippen molar-refractivity contribution in [3.8, 4) is 5.69 Å². The van der Waals surface area contributed by atoms with Gasteiger partial charge in [-0.15, -0.1) is 11.3 Å². The molecule has 0 spiro atoms. The van der Waals surface area contributed by atoms with E-state index in [4.69, 9.17) is 0 Å². The normalized spacial score (nSPS) is 14.8.